The minimum Gasteiger partial charge on any atom is -0.348 e. The second-order valence-corrected chi connectivity index (χ2v) is 5.94. The molecule has 2 aromatic rings. The molecule has 3 rings (SSSR count). The maximum Gasteiger partial charge on any atom is 0.234 e. The number of aryl methyl sites for hydroxylation is 1. The van der Waals surface area contributed by atoms with Gasteiger partial charge in [0.1, 0.15) is 5.82 Å². The highest BCUT2D eigenvalue weighted by Gasteiger charge is 2.20. The maximum atomic E-state index is 12.8. The average Bonchev–Trinajstić information content (AvgIpc) is 2.57. The van der Waals surface area contributed by atoms with Crippen LogP contribution >= 0.6 is 0 Å². The summed E-state index contributed by atoms with van der Waals surface area (Å²) in [5.41, 5.74) is 3.54. The second kappa shape index (κ2) is 7.38. The molecule has 2 aromatic carbocycles. The molecular weight excluding hydrogens is 291 g/mol. The summed E-state index contributed by atoms with van der Waals surface area (Å²) in [4.78, 5) is 12.1. The number of hydrogen-bond acceptors (Lipinski definition) is 2. The van der Waals surface area contributed by atoms with Gasteiger partial charge in [-0.15, -0.1) is 0 Å². The highest BCUT2D eigenvalue weighted by molar-refractivity contribution is 5.78. The van der Waals surface area contributed by atoms with Crippen LogP contribution < -0.4 is 10.6 Å². The van der Waals surface area contributed by atoms with Crippen LogP contribution in [0.5, 0.6) is 0 Å². The van der Waals surface area contributed by atoms with Crippen LogP contribution in [-0.4, -0.2) is 12.5 Å². The number of rotatable bonds is 5. The Labute approximate surface area is 135 Å². The lowest BCUT2D eigenvalue weighted by atomic mass is 9.88. The number of amides is 1. The Hall–Kier alpha value is -2.20. The molecule has 0 aromatic heterocycles. The van der Waals surface area contributed by atoms with Gasteiger partial charge in [-0.05, 0) is 48.1 Å². The lowest BCUT2D eigenvalue weighted by molar-refractivity contribution is -0.121. The van der Waals surface area contributed by atoms with Crippen molar-refractivity contribution in [3.63, 3.8) is 0 Å². The molecule has 0 fully saturated rings. The zero-order valence-corrected chi connectivity index (χ0v) is 13.0. The Balaban J connectivity index is 1.49. The molecule has 0 unspecified atom stereocenters. The summed E-state index contributed by atoms with van der Waals surface area (Å²) in [5.74, 6) is -0.253. The van der Waals surface area contributed by atoms with E-state index in [1.807, 2.05) is 12.1 Å². The van der Waals surface area contributed by atoms with Crippen molar-refractivity contribution in [2.45, 2.75) is 31.8 Å². The Morgan fingerprint density at radius 2 is 1.91 bits per heavy atom. The van der Waals surface area contributed by atoms with Crippen LogP contribution in [-0.2, 0) is 17.8 Å². The fourth-order valence-corrected chi connectivity index (χ4v) is 3.07. The summed E-state index contributed by atoms with van der Waals surface area (Å²) in [6, 6.07) is 14.7. The summed E-state index contributed by atoms with van der Waals surface area (Å²) >= 11 is 0. The van der Waals surface area contributed by atoms with E-state index in [9.17, 15) is 9.18 Å². The first kappa shape index (κ1) is 15.7. The molecular formula is C19H21FN2O. The van der Waals surface area contributed by atoms with Crippen LogP contribution in [0.3, 0.4) is 0 Å². The quantitative estimate of drug-likeness (QED) is 0.891. The van der Waals surface area contributed by atoms with Crippen LogP contribution in [0.1, 0.15) is 35.6 Å². The van der Waals surface area contributed by atoms with Crippen molar-refractivity contribution < 1.29 is 9.18 Å². The molecule has 1 aliphatic carbocycles. The van der Waals surface area contributed by atoms with Crippen molar-refractivity contribution in [3.8, 4) is 0 Å². The summed E-state index contributed by atoms with van der Waals surface area (Å²) < 4.78 is 12.8. The fraction of sp³-hybridized carbons (Fsp3) is 0.316. The normalized spacial score (nSPS) is 16.7. The predicted octanol–water partition coefficient (Wildman–Crippen LogP) is 3.11. The Bertz CT molecular complexity index is 669. The third kappa shape index (κ3) is 4.17. The van der Waals surface area contributed by atoms with Crippen LogP contribution in [0.15, 0.2) is 48.5 Å². The molecule has 0 radical (unpaired) electrons. The number of nitrogens with one attached hydrogen (secondary N) is 2. The molecule has 23 heavy (non-hydrogen) atoms. The number of carbonyl (C=O) groups is 1. The molecule has 1 aliphatic rings. The van der Waals surface area contributed by atoms with Crippen molar-refractivity contribution >= 4 is 5.91 Å². The van der Waals surface area contributed by atoms with E-state index in [2.05, 4.69) is 22.8 Å². The minimum absolute atomic E-state index is 0.00573. The van der Waals surface area contributed by atoms with Gasteiger partial charge in [-0.1, -0.05) is 36.4 Å². The highest BCUT2D eigenvalue weighted by Crippen LogP contribution is 2.29. The molecule has 120 valence electrons. The van der Waals surface area contributed by atoms with Crippen LogP contribution in [0.25, 0.3) is 0 Å². The highest BCUT2D eigenvalue weighted by atomic mass is 19.1. The van der Waals surface area contributed by atoms with Gasteiger partial charge in [-0.25, -0.2) is 4.39 Å². The van der Waals surface area contributed by atoms with E-state index in [1.165, 1.54) is 23.3 Å². The molecule has 0 bridgehead atoms. The topological polar surface area (TPSA) is 41.1 Å². The van der Waals surface area contributed by atoms with Gasteiger partial charge >= 0.3 is 0 Å². The minimum atomic E-state index is -0.248. The Kier molecular flexibility index (Phi) is 5.03. The summed E-state index contributed by atoms with van der Waals surface area (Å²) in [7, 11) is 0. The van der Waals surface area contributed by atoms with Gasteiger partial charge in [0.15, 0.2) is 0 Å². The van der Waals surface area contributed by atoms with E-state index in [4.69, 9.17) is 0 Å². The van der Waals surface area contributed by atoms with E-state index in [-0.39, 0.29) is 24.3 Å². The van der Waals surface area contributed by atoms with E-state index in [0.717, 1.165) is 24.8 Å². The number of halogens is 1. The van der Waals surface area contributed by atoms with Gasteiger partial charge in [0, 0.05) is 6.54 Å². The van der Waals surface area contributed by atoms with Gasteiger partial charge in [0.2, 0.25) is 5.91 Å². The zero-order valence-electron chi connectivity index (χ0n) is 13.0. The molecule has 0 saturated heterocycles. The Morgan fingerprint density at radius 3 is 2.74 bits per heavy atom. The van der Waals surface area contributed by atoms with E-state index >= 15 is 0 Å². The molecule has 3 nitrogen and oxygen atoms in total. The number of benzene rings is 2. The van der Waals surface area contributed by atoms with Crippen molar-refractivity contribution in [2.24, 2.45) is 0 Å². The third-order valence-corrected chi connectivity index (χ3v) is 4.23. The Morgan fingerprint density at radius 1 is 1.13 bits per heavy atom. The van der Waals surface area contributed by atoms with Gasteiger partial charge in [-0.3, -0.25) is 4.79 Å². The summed E-state index contributed by atoms with van der Waals surface area (Å²) in [6.45, 7) is 0.811. The molecule has 1 atom stereocenters. The first-order valence-electron chi connectivity index (χ1n) is 8.05. The molecule has 4 heteroatoms. The third-order valence-electron chi connectivity index (χ3n) is 4.23. The molecule has 0 aliphatic heterocycles. The first-order valence-corrected chi connectivity index (χ1v) is 8.05. The van der Waals surface area contributed by atoms with Crippen molar-refractivity contribution in [1.82, 2.24) is 10.6 Å². The van der Waals surface area contributed by atoms with Gasteiger partial charge < -0.3 is 10.6 Å². The van der Waals surface area contributed by atoms with Crippen LogP contribution in [0.4, 0.5) is 4.39 Å². The monoisotopic (exact) mass is 312 g/mol. The predicted molar refractivity (Wildman–Crippen MR) is 88.4 cm³/mol. The molecule has 2 N–H and O–H groups in total. The van der Waals surface area contributed by atoms with Crippen molar-refractivity contribution in [3.05, 3.63) is 71.0 Å². The van der Waals surface area contributed by atoms with Gasteiger partial charge in [-0.2, -0.15) is 0 Å². The average molecular weight is 312 g/mol. The molecule has 0 heterocycles. The van der Waals surface area contributed by atoms with E-state index < -0.39 is 0 Å². The molecule has 0 saturated carbocycles. The molecule has 0 spiro atoms. The van der Waals surface area contributed by atoms with Crippen LogP contribution in [0, 0.1) is 5.82 Å². The van der Waals surface area contributed by atoms with Gasteiger partial charge in [0.05, 0.1) is 12.6 Å². The fourth-order valence-electron chi connectivity index (χ4n) is 3.07. The first-order chi connectivity index (χ1) is 11.2. The smallest absolute Gasteiger partial charge is 0.234 e. The summed E-state index contributed by atoms with van der Waals surface area (Å²) in [6.07, 6.45) is 3.18. The maximum absolute atomic E-state index is 12.8. The van der Waals surface area contributed by atoms with E-state index in [0.29, 0.717) is 6.54 Å². The number of carbonyl (C=O) groups excluding carboxylic acids is 1. The number of hydrogen-bond donors (Lipinski definition) is 2. The lowest BCUT2D eigenvalue weighted by Crippen LogP contribution is -2.37. The SMILES string of the molecule is O=C(CNCc1ccc(F)cc1)N[C@H]1CCCc2ccccc21. The second-order valence-electron chi connectivity index (χ2n) is 5.94. The lowest BCUT2D eigenvalue weighted by Gasteiger charge is -2.26. The summed E-state index contributed by atoms with van der Waals surface area (Å²) in [5, 5.41) is 6.21. The van der Waals surface area contributed by atoms with Crippen molar-refractivity contribution in [1.29, 1.82) is 0 Å². The number of fused-ring (bicyclic) bond motifs is 1. The van der Waals surface area contributed by atoms with Gasteiger partial charge in [0.25, 0.3) is 0 Å². The van der Waals surface area contributed by atoms with Crippen molar-refractivity contribution in [2.75, 3.05) is 6.54 Å². The zero-order chi connectivity index (χ0) is 16.1. The van der Waals surface area contributed by atoms with E-state index in [1.54, 1.807) is 12.1 Å². The van der Waals surface area contributed by atoms with Crippen LogP contribution in [0.2, 0.25) is 0 Å². The largest absolute Gasteiger partial charge is 0.348 e. The standard InChI is InChI=1S/C19H21FN2O/c20-16-10-8-14(9-11-16)12-21-13-19(23)22-18-7-3-5-15-4-1-2-6-17(15)18/h1-2,4,6,8-11,18,21H,3,5,7,12-13H2,(H,22,23)/t18-/m0/s1. The molecule has 1 amide bonds.